The van der Waals surface area contributed by atoms with Gasteiger partial charge in [-0.3, -0.25) is 9.25 Å². The van der Waals surface area contributed by atoms with Crippen LogP contribution in [0, 0.1) is 11.6 Å². The lowest BCUT2D eigenvalue weighted by molar-refractivity contribution is 0.0956. The monoisotopic (exact) mass is 459 g/mol. The second-order valence-corrected chi connectivity index (χ2v) is 7.99. The number of nitrogens with zero attached hydrogens (tertiary/aromatic N) is 5. The molecule has 11 heteroatoms. The molecular formula is C22H23F2N5O4. The van der Waals surface area contributed by atoms with E-state index in [9.17, 15) is 13.6 Å². The van der Waals surface area contributed by atoms with Crippen LogP contribution in [-0.4, -0.2) is 45.1 Å². The summed E-state index contributed by atoms with van der Waals surface area (Å²) < 4.78 is 48.8. The van der Waals surface area contributed by atoms with Gasteiger partial charge in [0.2, 0.25) is 5.88 Å². The van der Waals surface area contributed by atoms with Crippen molar-refractivity contribution in [1.29, 1.82) is 0 Å². The lowest BCUT2D eigenvalue weighted by atomic mass is 10.2. The van der Waals surface area contributed by atoms with Gasteiger partial charge in [-0.1, -0.05) is 6.92 Å². The summed E-state index contributed by atoms with van der Waals surface area (Å²) in [6.45, 7) is 4.82. The molecule has 174 valence electrons. The SMILES string of the molecule is CCCn1cc(Oc2c(F)cc(COc3cc4n(c(=O)n3)CC3COCCN43)cc2F)cn1. The molecule has 0 spiro atoms. The molecule has 9 nitrogen and oxygen atoms in total. The van der Waals surface area contributed by atoms with Crippen LogP contribution < -0.4 is 20.1 Å². The average Bonchev–Trinajstić information content (AvgIpc) is 3.40. The summed E-state index contributed by atoms with van der Waals surface area (Å²) in [7, 11) is 0. The number of fused-ring (bicyclic) bond motifs is 3. The standard InChI is InChI=1S/C22H23F2N5O4/c1-2-3-27-11-16(9-25-27)33-21-17(23)6-14(7-18(21)24)12-32-19-8-20-28-4-5-31-13-15(28)10-29(20)22(30)26-19/h6-9,11,15H,2-5,10,12-13H2,1H3. The maximum absolute atomic E-state index is 14.6. The van der Waals surface area contributed by atoms with Gasteiger partial charge in [-0.15, -0.1) is 0 Å². The minimum atomic E-state index is -0.866. The van der Waals surface area contributed by atoms with E-state index in [-0.39, 0.29) is 29.8 Å². The number of aromatic nitrogens is 4. The fraction of sp³-hybridized carbons (Fsp3) is 0.409. The molecule has 0 bridgehead atoms. The molecule has 1 atom stereocenters. The van der Waals surface area contributed by atoms with Crippen molar-refractivity contribution in [2.24, 2.45) is 0 Å². The quantitative estimate of drug-likeness (QED) is 0.537. The van der Waals surface area contributed by atoms with E-state index in [1.54, 1.807) is 21.5 Å². The predicted octanol–water partition coefficient (Wildman–Crippen LogP) is 2.72. The molecule has 2 aliphatic rings. The molecule has 1 unspecified atom stereocenters. The Labute approximate surface area is 188 Å². The van der Waals surface area contributed by atoms with E-state index < -0.39 is 23.1 Å². The predicted molar refractivity (Wildman–Crippen MR) is 114 cm³/mol. The number of anilines is 1. The van der Waals surface area contributed by atoms with E-state index >= 15 is 0 Å². The van der Waals surface area contributed by atoms with Crippen LogP contribution in [-0.2, 0) is 24.4 Å². The highest BCUT2D eigenvalue weighted by Gasteiger charge is 2.33. The van der Waals surface area contributed by atoms with E-state index in [1.165, 1.54) is 6.20 Å². The fourth-order valence-corrected chi connectivity index (χ4v) is 4.09. The maximum atomic E-state index is 14.6. The highest BCUT2D eigenvalue weighted by molar-refractivity contribution is 5.47. The molecule has 0 aliphatic carbocycles. The molecular weight excluding hydrogens is 436 g/mol. The third-order valence-corrected chi connectivity index (χ3v) is 5.61. The van der Waals surface area contributed by atoms with E-state index in [4.69, 9.17) is 14.2 Å². The largest absolute Gasteiger partial charge is 0.473 e. The van der Waals surface area contributed by atoms with Gasteiger partial charge in [0.15, 0.2) is 23.1 Å². The molecule has 1 aromatic carbocycles. The Bertz CT molecular complexity index is 1200. The van der Waals surface area contributed by atoms with Gasteiger partial charge in [0.25, 0.3) is 0 Å². The Morgan fingerprint density at radius 3 is 2.85 bits per heavy atom. The number of rotatable bonds is 7. The Balaban J connectivity index is 1.29. The molecule has 5 rings (SSSR count). The normalized spacial score (nSPS) is 17.1. The van der Waals surface area contributed by atoms with Gasteiger partial charge >= 0.3 is 5.69 Å². The van der Waals surface area contributed by atoms with Crippen LogP contribution in [0.25, 0.3) is 0 Å². The minimum Gasteiger partial charge on any atom is -0.473 e. The second kappa shape index (κ2) is 8.81. The van der Waals surface area contributed by atoms with Crippen molar-refractivity contribution in [3.63, 3.8) is 0 Å². The first-order valence-electron chi connectivity index (χ1n) is 10.8. The zero-order chi connectivity index (χ0) is 22.9. The second-order valence-electron chi connectivity index (χ2n) is 7.99. The van der Waals surface area contributed by atoms with Gasteiger partial charge in [0.05, 0.1) is 38.2 Å². The highest BCUT2D eigenvalue weighted by Crippen LogP contribution is 2.30. The molecule has 4 heterocycles. The number of hydrogen-bond acceptors (Lipinski definition) is 7. The van der Waals surface area contributed by atoms with Crippen molar-refractivity contribution in [3.05, 3.63) is 58.3 Å². The molecule has 0 N–H and O–H groups in total. The first-order chi connectivity index (χ1) is 16.0. The van der Waals surface area contributed by atoms with E-state index in [2.05, 4.69) is 15.0 Å². The number of aryl methyl sites for hydroxylation is 1. The van der Waals surface area contributed by atoms with Crippen LogP contribution in [0.5, 0.6) is 17.4 Å². The third-order valence-electron chi connectivity index (χ3n) is 5.61. The Morgan fingerprint density at radius 1 is 1.24 bits per heavy atom. The van der Waals surface area contributed by atoms with Gasteiger partial charge in [0, 0.05) is 19.2 Å². The van der Waals surface area contributed by atoms with E-state index in [1.807, 2.05) is 6.92 Å². The van der Waals surface area contributed by atoms with Crippen LogP contribution in [0.2, 0.25) is 0 Å². The summed E-state index contributed by atoms with van der Waals surface area (Å²) in [6, 6.07) is 4.03. The molecule has 2 aromatic heterocycles. The lowest BCUT2D eigenvalue weighted by Gasteiger charge is -2.30. The summed E-state index contributed by atoms with van der Waals surface area (Å²) in [5.74, 6) is -1.19. The van der Waals surface area contributed by atoms with Crippen molar-refractivity contribution < 1.29 is 23.0 Å². The molecule has 0 radical (unpaired) electrons. The summed E-state index contributed by atoms with van der Waals surface area (Å²) in [6.07, 6.45) is 3.86. The van der Waals surface area contributed by atoms with Crippen molar-refractivity contribution in [1.82, 2.24) is 19.3 Å². The molecule has 0 amide bonds. The maximum Gasteiger partial charge on any atom is 0.352 e. The first kappa shape index (κ1) is 21.4. The van der Waals surface area contributed by atoms with Crippen LogP contribution in [0.1, 0.15) is 18.9 Å². The molecule has 0 saturated carbocycles. The van der Waals surface area contributed by atoms with Crippen LogP contribution in [0.3, 0.4) is 0 Å². The zero-order valence-electron chi connectivity index (χ0n) is 18.0. The van der Waals surface area contributed by atoms with Crippen molar-refractivity contribution in [3.8, 4) is 17.4 Å². The third kappa shape index (κ3) is 4.28. The number of halogens is 2. The molecule has 1 saturated heterocycles. The number of benzene rings is 1. The summed E-state index contributed by atoms with van der Waals surface area (Å²) in [5.41, 5.74) is -0.188. The smallest absolute Gasteiger partial charge is 0.352 e. The summed E-state index contributed by atoms with van der Waals surface area (Å²) >= 11 is 0. The highest BCUT2D eigenvalue weighted by atomic mass is 19.1. The Hall–Kier alpha value is -3.47. The average molecular weight is 459 g/mol. The number of hydrogen-bond donors (Lipinski definition) is 0. The summed E-state index contributed by atoms with van der Waals surface area (Å²) in [4.78, 5) is 18.5. The van der Waals surface area contributed by atoms with Gasteiger partial charge in [-0.05, 0) is 24.1 Å². The molecule has 33 heavy (non-hydrogen) atoms. The summed E-state index contributed by atoms with van der Waals surface area (Å²) in [5, 5.41) is 4.08. The van der Waals surface area contributed by atoms with E-state index in [0.717, 1.165) is 18.6 Å². The van der Waals surface area contributed by atoms with Crippen molar-refractivity contribution in [2.45, 2.75) is 39.1 Å². The van der Waals surface area contributed by atoms with Crippen molar-refractivity contribution >= 4 is 5.82 Å². The van der Waals surface area contributed by atoms with Gasteiger partial charge < -0.3 is 19.1 Å². The zero-order valence-corrected chi connectivity index (χ0v) is 18.0. The number of ether oxygens (including phenoxy) is 3. The molecule has 3 aromatic rings. The van der Waals surface area contributed by atoms with Crippen LogP contribution in [0.4, 0.5) is 14.6 Å². The first-order valence-corrected chi connectivity index (χ1v) is 10.8. The van der Waals surface area contributed by atoms with Gasteiger partial charge in [-0.2, -0.15) is 10.1 Å². The van der Waals surface area contributed by atoms with Gasteiger partial charge in [0.1, 0.15) is 12.4 Å². The van der Waals surface area contributed by atoms with Crippen molar-refractivity contribution in [2.75, 3.05) is 24.7 Å². The Morgan fingerprint density at radius 2 is 2.06 bits per heavy atom. The lowest BCUT2D eigenvalue weighted by Crippen LogP contribution is -2.43. The van der Waals surface area contributed by atoms with Crippen LogP contribution >= 0.6 is 0 Å². The fourth-order valence-electron chi connectivity index (χ4n) is 4.09. The minimum absolute atomic E-state index is 0.0910. The topological polar surface area (TPSA) is 83.6 Å². The molecule has 2 aliphatic heterocycles. The number of morpholine rings is 1. The van der Waals surface area contributed by atoms with E-state index in [0.29, 0.717) is 38.7 Å². The molecule has 1 fully saturated rings. The van der Waals surface area contributed by atoms with Gasteiger partial charge in [-0.25, -0.2) is 13.6 Å². The Kier molecular flexibility index (Phi) is 5.71. The van der Waals surface area contributed by atoms with Crippen LogP contribution in [0.15, 0.2) is 35.4 Å².